The van der Waals surface area contributed by atoms with E-state index in [2.05, 4.69) is 34.6 Å². The molecule has 2 aromatic carbocycles. The number of rotatable bonds is 9. The molecule has 0 aromatic heterocycles. The first-order valence-corrected chi connectivity index (χ1v) is 11.1. The van der Waals surface area contributed by atoms with E-state index in [-0.39, 0.29) is 6.04 Å². The average Bonchev–Trinajstić information content (AvgIpc) is 2.79. The quantitative estimate of drug-likeness (QED) is 0.231. The lowest BCUT2D eigenvalue weighted by molar-refractivity contribution is 0.0601. The summed E-state index contributed by atoms with van der Waals surface area (Å²) in [5.74, 6) is 1.87. The second kappa shape index (κ2) is 11.5. The summed E-state index contributed by atoms with van der Waals surface area (Å²) < 4.78 is 10.1. The molecular weight excluding hydrogens is 420 g/mol. The van der Waals surface area contributed by atoms with Gasteiger partial charge in [0, 0.05) is 43.8 Å². The number of benzene rings is 2. The highest BCUT2D eigenvalue weighted by Gasteiger charge is 2.25. The first-order chi connectivity index (χ1) is 15.9. The molecule has 1 fully saturated rings. The third kappa shape index (κ3) is 6.83. The van der Waals surface area contributed by atoms with E-state index in [0.29, 0.717) is 36.1 Å². The monoisotopic (exact) mass is 452 g/mol. The van der Waals surface area contributed by atoms with Gasteiger partial charge in [-0.15, -0.1) is 0 Å². The van der Waals surface area contributed by atoms with Crippen LogP contribution in [-0.2, 0) is 20.8 Å². The van der Waals surface area contributed by atoms with Crippen LogP contribution in [0.3, 0.4) is 0 Å². The number of methoxy groups -OCH3 is 1. The van der Waals surface area contributed by atoms with Crippen molar-refractivity contribution in [2.24, 2.45) is 0 Å². The number of nitrogens with one attached hydrogen (secondary N) is 2. The number of hydrogen-bond acceptors (Lipinski definition) is 8. The Morgan fingerprint density at radius 2 is 2.09 bits per heavy atom. The molecular formula is C25H32N4O4. The molecule has 0 bridgehead atoms. The zero-order valence-corrected chi connectivity index (χ0v) is 19.4. The van der Waals surface area contributed by atoms with E-state index in [9.17, 15) is 9.59 Å². The van der Waals surface area contributed by atoms with Crippen molar-refractivity contribution in [3.63, 3.8) is 0 Å². The van der Waals surface area contributed by atoms with Gasteiger partial charge in [-0.25, -0.2) is 9.59 Å². The molecule has 8 heteroatoms. The van der Waals surface area contributed by atoms with E-state index >= 15 is 0 Å². The number of nitrogens with zero attached hydrogens (tertiary/aromatic N) is 1. The van der Waals surface area contributed by atoms with Gasteiger partial charge in [-0.1, -0.05) is 12.1 Å². The summed E-state index contributed by atoms with van der Waals surface area (Å²) in [4.78, 5) is 25.2. The Kier molecular flexibility index (Phi) is 8.49. The zero-order chi connectivity index (χ0) is 23.8. The molecule has 1 heterocycles. The standard InChI is InChI=1S/C25H32N4O4/c1-4-33-22(16-30)12-21-15-29(13-17(2)27-21)14-18-6-5-7-20(10-18)28-24-9-8-19(11-23(24)26)25(31)32-3/h5-11,17,21,27-28H,4,12-15,26H2,1-3H3. The molecule has 0 saturated carbocycles. The summed E-state index contributed by atoms with van der Waals surface area (Å²) >= 11 is 0. The van der Waals surface area contributed by atoms with E-state index in [1.165, 1.54) is 7.11 Å². The first kappa shape index (κ1) is 24.3. The van der Waals surface area contributed by atoms with Gasteiger partial charge in [0.15, 0.2) is 11.7 Å². The highest BCUT2D eigenvalue weighted by molar-refractivity contribution is 5.92. The van der Waals surface area contributed by atoms with Crippen LogP contribution >= 0.6 is 0 Å². The number of piperazine rings is 1. The van der Waals surface area contributed by atoms with Crippen LogP contribution < -0.4 is 16.4 Å². The lowest BCUT2D eigenvalue weighted by atomic mass is 10.1. The fourth-order valence-corrected chi connectivity index (χ4v) is 4.14. The van der Waals surface area contributed by atoms with E-state index < -0.39 is 5.97 Å². The van der Waals surface area contributed by atoms with Crippen LogP contribution in [0.2, 0.25) is 0 Å². The van der Waals surface area contributed by atoms with Crippen LogP contribution in [0.4, 0.5) is 17.1 Å². The predicted molar refractivity (Wildman–Crippen MR) is 129 cm³/mol. The molecule has 4 N–H and O–H groups in total. The molecule has 2 aromatic rings. The van der Waals surface area contributed by atoms with Crippen LogP contribution in [0.25, 0.3) is 0 Å². The predicted octanol–water partition coefficient (Wildman–Crippen LogP) is 3.10. The molecule has 2 unspecified atom stereocenters. The van der Waals surface area contributed by atoms with E-state index in [1.54, 1.807) is 18.2 Å². The minimum Gasteiger partial charge on any atom is -0.487 e. The Labute approximate surface area is 194 Å². The lowest BCUT2D eigenvalue weighted by Gasteiger charge is -2.37. The van der Waals surface area contributed by atoms with Gasteiger partial charge in [-0.05, 0) is 49.7 Å². The summed E-state index contributed by atoms with van der Waals surface area (Å²) in [6.07, 6.45) is 0.528. The normalized spacial score (nSPS) is 18.3. The van der Waals surface area contributed by atoms with Crippen LogP contribution in [0.1, 0.15) is 36.2 Å². The highest BCUT2D eigenvalue weighted by Crippen LogP contribution is 2.25. The van der Waals surface area contributed by atoms with Crippen molar-refractivity contribution < 1.29 is 19.1 Å². The maximum atomic E-state index is 11.7. The van der Waals surface area contributed by atoms with Crippen molar-refractivity contribution in [2.75, 3.05) is 37.9 Å². The van der Waals surface area contributed by atoms with Gasteiger partial charge in [0.1, 0.15) is 0 Å². The number of anilines is 3. The number of nitrogens with two attached hydrogens (primary N) is 1. The van der Waals surface area contributed by atoms with Crippen molar-refractivity contribution in [3.8, 4) is 0 Å². The van der Waals surface area contributed by atoms with Crippen molar-refractivity contribution in [1.82, 2.24) is 10.2 Å². The smallest absolute Gasteiger partial charge is 0.337 e. The van der Waals surface area contributed by atoms with Crippen LogP contribution in [-0.4, -0.2) is 55.7 Å². The number of nitrogen functional groups attached to an aromatic ring is 1. The third-order valence-electron chi connectivity index (χ3n) is 5.48. The summed E-state index contributed by atoms with van der Waals surface area (Å²) in [5.41, 5.74) is 9.80. The summed E-state index contributed by atoms with van der Waals surface area (Å²) in [5, 5.41) is 6.87. The van der Waals surface area contributed by atoms with Crippen LogP contribution in [0.15, 0.2) is 48.2 Å². The van der Waals surface area contributed by atoms with Gasteiger partial charge >= 0.3 is 5.97 Å². The largest absolute Gasteiger partial charge is 0.487 e. The van der Waals surface area contributed by atoms with Crippen LogP contribution in [0.5, 0.6) is 0 Å². The van der Waals surface area contributed by atoms with Gasteiger partial charge in [0.2, 0.25) is 0 Å². The van der Waals surface area contributed by atoms with Gasteiger partial charge in [-0.3, -0.25) is 4.90 Å². The minimum absolute atomic E-state index is 0.131. The maximum absolute atomic E-state index is 11.7. The van der Waals surface area contributed by atoms with Gasteiger partial charge in [-0.2, -0.15) is 0 Å². The molecule has 0 aliphatic carbocycles. The molecule has 2 atom stereocenters. The summed E-state index contributed by atoms with van der Waals surface area (Å²) in [6.45, 7) is 6.97. The Balaban J connectivity index is 1.66. The van der Waals surface area contributed by atoms with E-state index in [0.717, 1.165) is 36.6 Å². The topological polar surface area (TPSA) is 106 Å². The van der Waals surface area contributed by atoms with Gasteiger partial charge in [0.05, 0.1) is 30.7 Å². The fraction of sp³-hybridized carbons (Fsp3) is 0.400. The van der Waals surface area contributed by atoms with Crippen molar-refractivity contribution in [3.05, 3.63) is 59.4 Å². The van der Waals surface area contributed by atoms with Crippen molar-refractivity contribution >= 4 is 29.0 Å². The molecule has 0 amide bonds. The molecule has 1 aliphatic rings. The highest BCUT2D eigenvalue weighted by atomic mass is 16.5. The second-order valence-corrected chi connectivity index (χ2v) is 8.24. The number of carbonyl (C=O) groups is 1. The molecule has 33 heavy (non-hydrogen) atoms. The molecule has 0 radical (unpaired) electrons. The summed E-state index contributed by atoms with van der Waals surface area (Å²) in [6, 6.07) is 13.6. The minimum atomic E-state index is -0.421. The third-order valence-corrected chi connectivity index (χ3v) is 5.48. The number of esters is 1. The van der Waals surface area contributed by atoms with Crippen molar-refractivity contribution in [1.29, 1.82) is 0 Å². The lowest BCUT2D eigenvalue weighted by Crippen LogP contribution is -2.55. The fourth-order valence-electron chi connectivity index (χ4n) is 4.14. The molecule has 0 spiro atoms. The molecule has 1 aliphatic heterocycles. The first-order valence-electron chi connectivity index (χ1n) is 11.1. The van der Waals surface area contributed by atoms with E-state index in [1.807, 2.05) is 25.0 Å². The second-order valence-electron chi connectivity index (χ2n) is 8.24. The van der Waals surface area contributed by atoms with E-state index in [4.69, 9.17) is 15.2 Å². The Morgan fingerprint density at radius 1 is 1.27 bits per heavy atom. The zero-order valence-electron chi connectivity index (χ0n) is 19.4. The summed E-state index contributed by atoms with van der Waals surface area (Å²) in [7, 11) is 1.34. The van der Waals surface area contributed by atoms with Crippen LogP contribution in [0, 0.1) is 0 Å². The van der Waals surface area contributed by atoms with Crippen molar-refractivity contribution in [2.45, 2.75) is 38.9 Å². The Bertz CT molecular complexity index is 1020. The average molecular weight is 453 g/mol. The SMILES string of the molecule is CCOC(=C=O)CC1CN(Cc2cccc(Nc3ccc(C(=O)OC)cc3N)c2)CC(C)N1. The molecule has 176 valence electrons. The number of ether oxygens (including phenoxy) is 2. The van der Waals surface area contributed by atoms with Gasteiger partial charge < -0.3 is 25.8 Å². The number of carbonyl (C=O) groups excluding carboxylic acids is 2. The molecule has 8 nitrogen and oxygen atoms in total. The Morgan fingerprint density at radius 3 is 2.79 bits per heavy atom. The Hall–Kier alpha value is -3.32. The molecule has 3 rings (SSSR count). The van der Waals surface area contributed by atoms with Gasteiger partial charge in [0.25, 0.3) is 0 Å². The molecule has 1 saturated heterocycles. The number of hydrogen-bond donors (Lipinski definition) is 3. The maximum Gasteiger partial charge on any atom is 0.337 e.